The van der Waals surface area contributed by atoms with Crippen molar-refractivity contribution in [2.45, 2.75) is 39.5 Å². The molecule has 0 saturated heterocycles. The summed E-state index contributed by atoms with van der Waals surface area (Å²) in [4.78, 5) is 21.8. The minimum Gasteiger partial charge on any atom is -0.444 e. The van der Waals surface area contributed by atoms with Crippen LogP contribution in [0.2, 0.25) is 0 Å². The average molecular weight is 362 g/mol. The molecule has 0 aliphatic carbocycles. The lowest BCUT2D eigenvalue weighted by atomic mass is 10.2. The first-order valence-electron chi connectivity index (χ1n) is 5.55. The zero-order valence-corrected chi connectivity index (χ0v) is 12.7. The largest absolute Gasteiger partial charge is 0.444 e. The van der Waals surface area contributed by atoms with Crippen molar-refractivity contribution in [3.05, 3.63) is 15.0 Å². The molecule has 0 spiro atoms. The summed E-state index contributed by atoms with van der Waals surface area (Å²) in [5, 5.41) is 0. The molecule has 0 fully saturated rings. The van der Waals surface area contributed by atoms with E-state index >= 15 is 0 Å². The number of ether oxygens (including phenoxy) is 1. The molecule has 2 rings (SSSR count). The summed E-state index contributed by atoms with van der Waals surface area (Å²) in [6.07, 6.45) is -0.338. The normalized spacial score (nSPS) is 14.6. The molecule has 2 heterocycles. The molecule has 98 valence electrons. The zero-order chi connectivity index (χ0) is 13.5. The minimum absolute atomic E-state index is 0.240. The van der Waals surface area contributed by atoms with E-state index in [1.807, 2.05) is 20.8 Å². The van der Waals surface area contributed by atoms with Gasteiger partial charge in [0, 0.05) is 5.56 Å². The number of nitrogens with zero attached hydrogens (tertiary/aromatic N) is 3. The van der Waals surface area contributed by atoms with E-state index in [9.17, 15) is 4.79 Å². The molecule has 0 bridgehead atoms. The Balaban J connectivity index is 2.15. The lowest BCUT2D eigenvalue weighted by Crippen LogP contribution is -2.33. The Morgan fingerprint density at radius 1 is 1.39 bits per heavy atom. The van der Waals surface area contributed by atoms with Crippen LogP contribution >= 0.6 is 22.6 Å². The molecule has 1 aliphatic rings. The van der Waals surface area contributed by atoms with E-state index in [2.05, 4.69) is 32.6 Å². The van der Waals surface area contributed by atoms with Gasteiger partial charge in [-0.2, -0.15) is 0 Å². The quantitative estimate of drug-likeness (QED) is 0.563. The van der Waals surface area contributed by atoms with Crippen molar-refractivity contribution < 1.29 is 9.53 Å². The van der Waals surface area contributed by atoms with Gasteiger partial charge in [-0.1, -0.05) is 0 Å². The molecule has 1 aliphatic heterocycles. The van der Waals surface area contributed by atoms with Crippen molar-refractivity contribution in [1.82, 2.24) is 14.9 Å². The molecule has 7 heteroatoms. The Bertz CT molecular complexity index is 499. The monoisotopic (exact) mass is 362 g/mol. The van der Waals surface area contributed by atoms with E-state index < -0.39 is 5.60 Å². The Morgan fingerprint density at radius 3 is 2.67 bits per heavy atom. The summed E-state index contributed by atoms with van der Waals surface area (Å²) < 4.78 is 6.12. The van der Waals surface area contributed by atoms with Crippen molar-refractivity contribution in [2.24, 2.45) is 0 Å². The maximum atomic E-state index is 11.9. The van der Waals surface area contributed by atoms with Gasteiger partial charge in [-0.25, -0.2) is 14.8 Å². The zero-order valence-electron chi connectivity index (χ0n) is 10.5. The number of nitrogens with two attached hydrogens (primary N) is 1. The highest BCUT2D eigenvalue weighted by atomic mass is 127. The molecule has 1 aromatic rings. The Labute approximate surface area is 119 Å². The van der Waals surface area contributed by atoms with Crippen molar-refractivity contribution >= 4 is 34.6 Å². The van der Waals surface area contributed by atoms with Gasteiger partial charge >= 0.3 is 6.09 Å². The standard InChI is InChI=1S/C11H15IN4O2/c1-11(2,3)18-10(17)16-4-6-7(5-16)14-9(13)15-8(6)12/h4-5H2,1-3H3,(H2,13,14,15). The van der Waals surface area contributed by atoms with Crippen LogP contribution in [0.25, 0.3) is 0 Å². The van der Waals surface area contributed by atoms with E-state index in [1.165, 1.54) is 0 Å². The third kappa shape index (κ3) is 2.82. The number of aromatic nitrogens is 2. The minimum atomic E-state index is -0.496. The van der Waals surface area contributed by atoms with Gasteiger partial charge in [0.25, 0.3) is 0 Å². The maximum Gasteiger partial charge on any atom is 0.410 e. The van der Waals surface area contributed by atoms with Gasteiger partial charge in [0.1, 0.15) is 9.30 Å². The molecular weight excluding hydrogens is 347 g/mol. The van der Waals surface area contributed by atoms with Gasteiger partial charge in [0.15, 0.2) is 0 Å². The number of rotatable bonds is 0. The molecule has 0 radical (unpaired) electrons. The summed E-state index contributed by atoms with van der Waals surface area (Å²) in [6, 6.07) is 0. The average Bonchev–Trinajstić information content (AvgIpc) is 2.58. The van der Waals surface area contributed by atoms with Gasteiger partial charge in [0.05, 0.1) is 18.8 Å². The Kier molecular flexibility index (Phi) is 3.35. The third-order valence-electron chi connectivity index (χ3n) is 2.40. The number of hydrogen-bond acceptors (Lipinski definition) is 5. The summed E-state index contributed by atoms with van der Waals surface area (Å²) >= 11 is 2.10. The van der Waals surface area contributed by atoms with Crippen LogP contribution < -0.4 is 5.73 Å². The SMILES string of the molecule is CC(C)(C)OC(=O)N1Cc2nc(N)nc(I)c2C1. The fourth-order valence-corrected chi connectivity index (χ4v) is 2.42. The molecule has 0 atom stereocenters. The molecule has 6 nitrogen and oxygen atoms in total. The number of carbonyl (C=O) groups is 1. The van der Waals surface area contributed by atoms with Crippen LogP contribution in [0.5, 0.6) is 0 Å². The maximum absolute atomic E-state index is 11.9. The number of carbonyl (C=O) groups excluding carboxylic acids is 1. The van der Waals surface area contributed by atoms with Crippen molar-refractivity contribution in [1.29, 1.82) is 0 Å². The van der Waals surface area contributed by atoms with Crippen molar-refractivity contribution in [3.8, 4) is 0 Å². The molecule has 2 N–H and O–H groups in total. The van der Waals surface area contributed by atoms with Crippen LogP contribution in [-0.4, -0.2) is 26.6 Å². The number of fused-ring (bicyclic) bond motifs is 1. The molecule has 0 saturated carbocycles. The van der Waals surface area contributed by atoms with E-state index in [1.54, 1.807) is 4.90 Å². The highest BCUT2D eigenvalue weighted by Gasteiger charge is 2.30. The summed E-state index contributed by atoms with van der Waals surface area (Å²) in [5.74, 6) is 0.240. The number of nitrogen functional groups attached to an aromatic ring is 1. The fourth-order valence-electron chi connectivity index (χ4n) is 1.69. The predicted octanol–water partition coefficient (Wildman–Crippen LogP) is 1.91. The summed E-state index contributed by atoms with van der Waals surface area (Å²) in [6.45, 7) is 6.43. The van der Waals surface area contributed by atoms with Crippen LogP contribution in [0.4, 0.5) is 10.7 Å². The Hall–Kier alpha value is -1.12. The number of amides is 1. The highest BCUT2D eigenvalue weighted by molar-refractivity contribution is 14.1. The van der Waals surface area contributed by atoms with Crippen LogP contribution in [-0.2, 0) is 17.8 Å². The predicted molar refractivity (Wildman–Crippen MR) is 74.6 cm³/mol. The molecule has 0 unspecified atom stereocenters. The second kappa shape index (κ2) is 4.52. The fraction of sp³-hybridized carbons (Fsp3) is 0.545. The second-order valence-corrected chi connectivity index (χ2v) is 6.16. The van der Waals surface area contributed by atoms with Crippen LogP contribution in [0.3, 0.4) is 0 Å². The van der Waals surface area contributed by atoms with E-state index in [4.69, 9.17) is 10.5 Å². The van der Waals surface area contributed by atoms with Crippen molar-refractivity contribution in [2.75, 3.05) is 5.73 Å². The van der Waals surface area contributed by atoms with Crippen molar-refractivity contribution in [3.63, 3.8) is 0 Å². The van der Waals surface area contributed by atoms with E-state index in [-0.39, 0.29) is 12.0 Å². The first-order valence-corrected chi connectivity index (χ1v) is 6.63. The smallest absolute Gasteiger partial charge is 0.410 e. The van der Waals surface area contributed by atoms with Gasteiger partial charge in [0.2, 0.25) is 5.95 Å². The lowest BCUT2D eigenvalue weighted by molar-refractivity contribution is 0.0240. The first-order chi connectivity index (χ1) is 8.26. The first kappa shape index (κ1) is 13.3. The number of anilines is 1. The molecule has 1 amide bonds. The van der Waals surface area contributed by atoms with Gasteiger partial charge < -0.3 is 10.5 Å². The van der Waals surface area contributed by atoms with Crippen LogP contribution in [0.1, 0.15) is 32.0 Å². The molecular formula is C11H15IN4O2. The topological polar surface area (TPSA) is 81.3 Å². The van der Waals surface area contributed by atoms with Gasteiger partial charge in [-0.05, 0) is 43.4 Å². The van der Waals surface area contributed by atoms with Crippen LogP contribution in [0.15, 0.2) is 0 Å². The Morgan fingerprint density at radius 2 is 2.06 bits per heavy atom. The molecule has 1 aromatic heterocycles. The molecule has 18 heavy (non-hydrogen) atoms. The summed E-state index contributed by atoms with van der Waals surface area (Å²) in [5.41, 5.74) is 6.85. The van der Waals surface area contributed by atoms with E-state index in [0.29, 0.717) is 13.1 Å². The number of halogens is 1. The van der Waals surface area contributed by atoms with Crippen LogP contribution in [0, 0.1) is 3.70 Å². The lowest BCUT2D eigenvalue weighted by Gasteiger charge is -2.23. The molecule has 0 aromatic carbocycles. The number of hydrogen-bond donors (Lipinski definition) is 1. The second-order valence-electron chi connectivity index (χ2n) is 5.13. The summed E-state index contributed by atoms with van der Waals surface area (Å²) in [7, 11) is 0. The highest BCUT2D eigenvalue weighted by Crippen LogP contribution is 2.26. The van der Waals surface area contributed by atoms with Gasteiger partial charge in [-0.3, -0.25) is 4.90 Å². The van der Waals surface area contributed by atoms with Gasteiger partial charge in [-0.15, -0.1) is 0 Å². The third-order valence-corrected chi connectivity index (χ3v) is 3.29. The van der Waals surface area contributed by atoms with E-state index in [0.717, 1.165) is 15.0 Å².